The number of aromatic nitrogens is 1. The third-order valence-corrected chi connectivity index (χ3v) is 3.47. The predicted molar refractivity (Wildman–Crippen MR) is 82.3 cm³/mol. The monoisotopic (exact) mass is 266 g/mol. The van der Waals surface area contributed by atoms with Crippen LogP contribution in [-0.4, -0.2) is 11.5 Å². The van der Waals surface area contributed by atoms with Crippen LogP contribution < -0.4 is 10.5 Å². The average molecular weight is 266 g/mol. The zero-order chi connectivity index (χ0) is 13.9. The molecule has 0 atom stereocenters. The molecule has 102 valence electrons. The maximum Gasteiger partial charge on any atom is 0.130 e. The summed E-state index contributed by atoms with van der Waals surface area (Å²) in [4.78, 5) is 3.26. The van der Waals surface area contributed by atoms with Gasteiger partial charge in [0.25, 0.3) is 0 Å². The molecule has 0 saturated heterocycles. The summed E-state index contributed by atoms with van der Waals surface area (Å²) in [6, 6.07) is 14.1. The van der Waals surface area contributed by atoms with Gasteiger partial charge in [0.1, 0.15) is 11.5 Å². The molecule has 0 saturated carbocycles. The highest BCUT2D eigenvalue weighted by Gasteiger charge is 2.06. The molecule has 3 rings (SSSR count). The van der Waals surface area contributed by atoms with Crippen molar-refractivity contribution in [2.24, 2.45) is 5.73 Å². The molecular formula is C17H18N2O. The molecule has 0 bridgehead atoms. The van der Waals surface area contributed by atoms with Crippen molar-refractivity contribution < 1.29 is 4.74 Å². The molecule has 1 heterocycles. The summed E-state index contributed by atoms with van der Waals surface area (Å²) in [7, 11) is 0. The highest BCUT2D eigenvalue weighted by molar-refractivity contribution is 5.84. The lowest BCUT2D eigenvalue weighted by Crippen LogP contribution is -2.01. The van der Waals surface area contributed by atoms with E-state index in [0.29, 0.717) is 6.54 Å². The van der Waals surface area contributed by atoms with Gasteiger partial charge in [0.05, 0.1) is 0 Å². The Balaban J connectivity index is 1.96. The second-order valence-electron chi connectivity index (χ2n) is 4.93. The van der Waals surface area contributed by atoms with Gasteiger partial charge >= 0.3 is 0 Å². The van der Waals surface area contributed by atoms with Crippen LogP contribution in [0.3, 0.4) is 0 Å². The van der Waals surface area contributed by atoms with Gasteiger partial charge in [-0.05, 0) is 55.3 Å². The van der Waals surface area contributed by atoms with E-state index >= 15 is 0 Å². The molecule has 0 radical (unpaired) electrons. The number of rotatable bonds is 4. The van der Waals surface area contributed by atoms with Gasteiger partial charge < -0.3 is 15.5 Å². The standard InChI is InChI=1S/C17H18N2O/c1-12-4-2-3-5-17(12)20-14-6-7-16-15(10-14)13(8-9-18)11-19-16/h2-7,10-11,19H,8-9,18H2,1H3. The Bertz CT molecular complexity index is 731. The van der Waals surface area contributed by atoms with E-state index in [-0.39, 0.29) is 0 Å². The Hall–Kier alpha value is -2.26. The number of nitrogens with one attached hydrogen (secondary N) is 1. The van der Waals surface area contributed by atoms with Gasteiger partial charge in [-0.3, -0.25) is 0 Å². The van der Waals surface area contributed by atoms with Crippen molar-refractivity contribution in [2.75, 3.05) is 6.54 Å². The number of ether oxygens (including phenoxy) is 1. The molecule has 0 aliphatic heterocycles. The number of fused-ring (bicyclic) bond motifs is 1. The van der Waals surface area contributed by atoms with Crippen molar-refractivity contribution in [2.45, 2.75) is 13.3 Å². The Morgan fingerprint density at radius 1 is 1.15 bits per heavy atom. The van der Waals surface area contributed by atoms with Crippen LogP contribution in [0.25, 0.3) is 10.9 Å². The molecule has 2 aromatic carbocycles. The van der Waals surface area contributed by atoms with Crippen molar-refractivity contribution in [3.8, 4) is 11.5 Å². The van der Waals surface area contributed by atoms with Gasteiger partial charge in [0.15, 0.2) is 0 Å². The number of H-pyrrole nitrogens is 1. The first-order valence-corrected chi connectivity index (χ1v) is 6.81. The molecule has 1 aromatic heterocycles. The summed E-state index contributed by atoms with van der Waals surface area (Å²) in [5, 5.41) is 1.18. The lowest BCUT2D eigenvalue weighted by atomic mass is 10.1. The maximum atomic E-state index is 5.97. The fraction of sp³-hybridized carbons (Fsp3) is 0.176. The molecule has 0 aliphatic rings. The van der Waals surface area contributed by atoms with E-state index in [2.05, 4.69) is 11.1 Å². The van der Waals surface area contributed by atoms with Crippen LogP contribution in [-0.2, 0) is 6.42 Å². The Labute approximate surface area is 118 Å². The van der Waals surface area contributed by atoms with Crippen molar-refractivity contribution >= 4 is 10.9 Å². The molecule has 3 N–H and O–H groups in total. The van der Waals surface area contributed by atoms with E-state index < -0.39 is 0 Å². The maximum absolute atomic E-state index is 5.97. The van der Waals surface area contributed by atoms with Crippen LogP contribution in [0.2, 0.25) is 0 Å². The minimum atomic E-state index is 0.649. The zero-order valence-electron chi connectivity index (χ0n) is 11.5. The molecule has 3 nitrogen and oxygen atoms in total. The molecule has 3 aromatic rings. The SMILES string of the molecule is Cc1ccccc1Oc1ccc2[nH]cc(CCN)c2c1. The Kier molecular flexibility index (Phi) is 3.44. The third kappa shape index (κ3) is 2.40. The van der Waals surface area contributed by atoms with Gasteiger partial charge in [0.2, 0.25) is 0 Å². The fourth-order valence-corrected chi connectivity index (χ4v) is 2.38. The number of aryl methyl sites for hydroxylation is 1. The van der Waals surface area contributed by atoms with E-state index in [1.54, 1.807) is 0 Å². The molecule has 3 heteroatoms. The van der Waals surface area contributed by atoms with Gasteiger partial charge in [-0.25, -0.2) is 0 Å². The predicted octanol–water partition coefficient (Wildman–Crippen LogP) is 3.77. The summed E-state index contributed by atoms with van der Waals surface area (Å²) >= 11 is 0. The first-order chi connectivity index (χ1) is 9.78. The van der Waals surface area contributed by atoms with E-state index in [1.165, 1.54) is 10.9 Å². The number of hydrogen-bond acceptors (Lipinski definition) is 2. The molecular weight excluding hydrogens is 248 g/mol. The minimum Gasteiger partial charge on any atom is -0.457 e. The van der Waals surface area contributed by atoms with Crippen molar-refractivity contribution in [1.82, 2.24) is 4.98 Å². The highest BCUT2D eigenvalue weighted by atomic mass is 16.5. The normalized spacial score (nSPS) is 10.9. The number of benzene rings is 2. The van der Waals surface area contributed by atoms with Crippen LogP contribution in [0.1, 0.15) is 11.1 Å². The van der Waals surface area contributed by atoms with Crippen LogP contribution >= 0.6 is 0 Å². The molecule has 0 fully saturated rings. The van der Waals surface area contributed by atoms with E-state index in [1.807, 2.05) is 49.5 Å². The topological polar surface area (TPSA) is 51.0 Å². The molecule has 20 heavy (non-hydrogen) atoms. The van der Waals surface area contributed by atoms with Gasteiger partial charge in [-0.1, -0.05) is 18.2 Å². The highest BCUT2D eigenvalue weighted by Crippen LogP contribution is 2.29. The van der Waals surface area contributed by atoms with E-state index in [4.69, 9.17) is 10.5 Å². The van der Waals surface area contributed by atoms with Crippen LogP contribution in [0.15, 0.2) is 48.7 Å². The summed E-state index contributed by atoms with van der Waals surface area (Å²) in [5.74, 6) is 1.74. The quantitative estimate of drug-likeness (QED) is 0.755. The lowest BCUT2D eigenvalue weighted by molar-refractivity contribution is 0.479. The number of nitrogens with two attached hydrogens (primary N) is 1. The first kappa shape index (κ1) is 12.8. The third-order valence-electron chi connectivity index (χ3n) is 3.47. The van der Waals surface area contributed by atoms with Gasteiger partial charge in [0, 0.05) is 17.1 Å². The van der Waals surface area contributed by atoms with Crippen molar-refractivity contribution in [3.05, 3.63) is 59.8 Å². The average Bonchev–Trinajstić information content (AvgIpc) is 2.85. The largest absolute Gasteiger partial charge is 0.457 e. The zero-order valence-corrected chi connectivity index (χ0v) is 11.5. The number of hydrogen-bond donors (Lipinski definition) is 2. The second-order valence-corrected chi connectivity index (χ2v) is 4.93. The molecule has 0 unspecified atom stereocenters. The molecule has 0 spiro atoms. The first-order valence-electron chi connectivity index (χ1n) is 6.81. The number of para-hydroxylation sites is 1. The van der Waals surface area contributed by atoms with Gasteiger partial charge in [-0.2, -0.15) is 0 Å². The minimum absolute atomic E-state index is 0.649. The lowest BCUT2D eigenvalue weighted by Gasteiger charge is -2.08. The summed E-state index contributed by atoms with van der Waals surface area (Å²) in [6.45, 7) is 2.69. The van der Waals surface area contributed by atoms with E-state index in [0.717, 1.165) is 29.0 Å². The number of aromatic amines is 1. The van der Waals surface area contributed by atoms with Crippen molar-refractivity contribution in [1.29, 1.82) is 0 Å². The molecule has 0 amide bonds. The summed E-state index contributed by atoms with van der Waals surface area (Å²) in [6.07, 6.45) is 2.89. The van der Waals surface area contributed by atoms with E-state index in [9.17, 15) is 0 Å². The summed E-state index contributed by atoms with van der Waals surface area (Å²) in [5.41, 5.74) is 9.13. The molecule has 0 aliphatic carbocycles. The van der Waals surface area contributed by atoms with Crippen LogP contribution in [0.4, 0.5) is 0 Å². The Morgan fingerprint density at radius 3 is 2.80 bits per heavy atom. The Morgan fingerprint density at radius 2 is 2.00 bits per heavy atom. The van der Waals surface area contributed by atoms with Crippen LogP contribution in [0.5, 0.6) is 11.5 Å². The van der Waals surface area contributed by atoms with Crippen LogP contribution in [0, 0.1) is 6.92 Å². The van der Waals surface area contributed by atoms with Gasteiger partial charge in [-0.15, -0.1) is 0 Å². The fourth-order valence-electron chi connectivity index (χ4n) is 2.38. The second kappa shape index (κ2) is 5.39. The smallest absolute Gasteiger partial charge is 0.130 e. The summed E-state index contributed by atoms with van der Waals surface area (Å²) < 4.78 is 5.97. The van der Waals surface area contributed by atoms with Crippen molar-refractivity contribution in [3.63, 3.8) is 0 Å².